The maximum atomic E-state index is 6.12. The molecule has 17 heavy (non-hydrogen) atoms. The fourth-order valence-corrected chi connectivity index (χ4v) is 4.12. The van der Waals surface area contributed by atoms with Crippen molar-refractivity contribution in [3.63, 3.8) is 0 Å². The smallest absolute Gasteiger partial charge is 0.101 e. The zero-order valence-corrected chi connectivity index (χ0v) is 12.2. The predicted octanol–water partition coefficient (Wildman–Crippen LogP) is 4.95. The van der Waals surface area contributed by atoms with Crippen molar-refractivity contribution in [2.24, 2.45) is 5.41 Å². The van der Waals surface area contributed by atoms with E-state index in [1.54, 1.807) is 0 Å². The van der Waals surface area contributed by atoms with Crippen LogP contribution in [0.1, 0.15) is 77.6 Å². The first-order chi connectivity index (χ1) is 8.18. The Morgan fingerprint density at radius 3 is 2.29 bits per heavy atom. The van der Waals surface area contributed by atoms with Gasteiger partial charge in [0.25, 0.3) is 0 Å². The Balaban J connectivity index is 1.73. The molecule has 100 valence electrons. The number of rotatable bonds is 4. The van der Waals surface area contributed by atoms with Crippen LogP contribution in [-0.4, -0.2) is 11.5 Å². The van der Waals surface area contributed by atoms with Crippen LogP contribution in [0.25, 0.3) is 0 Å². The van der Waals surface area contributed by atoms with Gasteiger partial charge >= 0.3 is 0 Å². The molecule has 2 aliphatic carbocycles. The van der Waals surface area contributed by atoms with Crippen LogP contribution in [0, 0.1) is 5.41 Å². The molecule has 1 nitrogen and oxygen atoms in total. The molecule has 1 unspecified atom stereocenters. The maximum Gasteiger partial charge on any atom is 0.101 e. The van der Waals surface area contributed by atoms with Crippen LogP contribution in [0.4, 0.5) is 0 Å². The van der Waals surface area contributed by atoms with Crippen LogP contribution in [0.2, 0.25) is 0 Å². The Morgan fingerprint density at radius 1 is 1.06 bits per heavy atom. The molecule has 2 heteroatoms. The highest BCUT2D eigenvalue weighted by atomic mass is 32.1. The van der Waals surface area contributed by atoms with Crippen LogP contribution >= 0.6 is 12.6 Å². The first kappa shape index (κ1) is 13.7. The summed E-state index contributed by atoms with van der Waals surface area (Å²) in [4.78, 5) is 0. The Labute approximate surface area is 112 Å². The molecule has 0 aromatic rings. The van der Waals surface area contributed by atoms with Gasteiger partial charge in [0.05, 0.1) is 6.10 Å². The number of hydrogen-bond donors (Lipinski definition) is 1. The van der Waals surface area contributed by atoms with Crippen molar-refractivity contribution in [1.29, 1.82) is 0 Å². The summed E-state index contributed by atoms with van der Waals surface area (Å²) < 4.78 is 6.12. The van der Waals surface area contributed by atoms with Gasteiger partial charge in [0, 0.05) is 0 Å². The predicted molar refractivity (Wildman–Crippen MR) is 76.5 cm³/mol. The third kappa shape index (κ3) is 4.48. The molecule has 0 bridgehead atoms. The van der Waals surface area contributed by atoms with E-state index < -0.39 is 0 Å². The molecular formula is C15H28OS. The quantitative estimate of drug-likeness (QED) is 0.553. The van der Waals surface area contributed by atoms with Gasteiger partial charge in [0.2, 0.25) is 0 Å². The average molecular weight is 256 g/mol. The molecule has 0 heterocycles. The second-order valence-corrected chi connectivity index (χ2v) is 7.00. The minimum atomic E-state index is 0.168. The van der Waals surface area contributed by atoms with Crippen molar-refractivity contribution < 1.29 is 4.74 Å². The Morgan fingerprint density at radius 2 is 1.65 bits per heavy atom. The third-order valence-corrected chi connectivity index (χ3v) is 4.93. The van der Waals surface area contributed by atoms with Gasteiger partial charge in [-0.05, 0) is 37.5 Å². The Kier molecular flexibility index (Phi) is 5.23. The summed E-state index contributed by atoms with van der Waals surface area (Å²) >= 11 is 4.68. The van der Waals surface area contributed by atoms with E-state index in [1.807, 2.05) is 0 Å². The Hall–Kier alpha value is 0.310. The summed E-state index contributed by atoms with van der Waals surface area (Å²) in [5.41, 5.74) is 0.667. The van der Waals surface area contributed by atoms with Gasteiger partial charge in [-0.3, -0.25) is 0 Å². The fraction of sp³-hybridized carbons (Fsp3) is 1.00. The SMILES string of the molecule is CC1(CC(S)OC2CCCCC2)CCCCC1. The molecule has 0 saturated heterocycles. The van der Waals surface area contributed by atoms with E-state index in [1.165, 1.54) is 64.2 Å². The molecule has 0 aliphatic heterocycles. The van der Waals surface area contributed by atoms with Crippen molar-refractivity contribution in [2.45, 2.75) is 89.1 Å². The highest BCUT2D eigenvalue weighted by Gasteiger charge is 2.30. The molecule has 0 aromatic carbocycles. The molecule has 1 atom stereocenters. The second kappa shape index (κ2) is 6.47. The standard InChI is InChI=1S/C15H28OS/c1-15(10-6-3-7-11-15)12-14(17)16-13-8-4-2-5-9-13/h13-14,17H,2-12H2,1H3. The number of thiol groups is 1. The first-order valence-corrected chi connectivity index (χ1v) is 8.03. The summed E-state index contributed by atoms with van der Waals surface area (Å²) in [5, 5.41) is 0. The normalized spacial score (nSPS) is 27.9. The molecule has 0 N–H and O–H groups in total. The van der Waals surface area contributed by atoms with Crippen molar-refractivity contribution in [2.75, 3.05) is 0 Å². The van der Waals surface area contributed by atoms with Gasteiger partial charge in [-0.25, -0.2) is 0 Å². The molecule has 2 aliphatic rings. The molecular weight excluding hydrogens is 228 g/mol. The summed E-state index contributed by atoms with van der Waals surface area (Å²) in [5.74, 6) is 0. The van der Waals surface area contributed by atoms with Gasteiger partial charge in [0.1, 0.15) is 5.44 Å². The molecule has 0 radical (unpaired) electrons. The Bertz CT molecular complexity index is 217. The minimum absolute atomic E-state index is 0.168. The summed E-state index contributed by atoms with van der Waals surface area (Å²) in [6.45, 7) is 2.43. The summed E-state index contributed by atoms with van der Waals surface area (Å²) in [6.07, 6.45) is 15.2. The van der Waals surface area contributed by atoms with Gasteiger partial charge in [0.15, 0.2) is 0 Å². The van der Waals surface area contributed by atoms with Crippen molar-refractivity contribution in [1.82, 2.24) is 0 Å². The molecule has 0 spiro atoms. The summed E-state index contributed by atoms with van der Waals surface area (Å²) in [6, 6.07) is 0. The largest absolute Gasteiger partial charge is 0.365 e. The van der Waals surface area contributed by atoms with Gasteiger partial charge < -0.3 is 4.74 Å². The summed E-state index contributed by atoms with van der Waals surface area (Å²) in [7, 11) is 0. The first-order valence-electron chi connectivity index (χ1n) is 7.52. The molecule has 2 rings (SSSR count). The highest BCUT2D eigenvalue weighted by molar-refractivity contribution is 7.80. The van der Waals surface area contributed by atoms with Gasteiger partial charge in [-0.2, -0.15) is 0 Å². The van der Waals surface area contributed by atoms with Crippen LogP contribution in [0.5, 0.6) is 0 Å². The monoisotopic (exact) mass is 256 g/mol. The molecule has 0 amide bonds. The third-order valence-electron chi connectivity index (χ3n) is 4.63. The van der Waals surface area contributed by atoms with E-state index >= 15 is 0 Å². The van der Waals surface area contributed by atoms with E-state index in [2.05, 4.69) is 19.6 Å². The van der Waals surface area contributed by atoms with E-state index in [4.69, 9.17) is 4.74 Å². The fourth-order valence-electron chi connectivity index (χ4n) is 3.50. The second-order valence-electron chi connectivity index (χ2n) is 6.43. The van der Waals surface area contributed by atoms with Crippen molar-refractivity contribution in [3.8, 4) is 0 Å². The van der Waals surface area contributed by atoms with E-state index in [-0.39, 0.29) is 5.44 Å². The molecule has 2 fully saturated rings. The van der Waals surface area contributed by atoms with Crippen LogP contribution in [0.15, 0.2) is 0 Å². The van der Waals surface area contributed by atoms with E-state index in [0.717, 1.165) is 6.42 Å². The molecule has 2 saturated carbocycles. The lowest BCUT2D eigenvalue weighted by Crippen LogP contribution is -2.28. The highest BCUT2D eigenvalue weighted by Crippen LogP contribution is 2.41. The lowest BCUT2D eigenvalue weighted by Gasteiger charge is -2.36. The van der Waals surface area contributed by atoms with Gasteiger partial charge in [-0.1, -0.05) is 45.4 Å². The zero-order chi connectivity index (χ0) is 12.1. The van der Waals surface area contributed by atoms with Crippen LogP contribution in [0.3, 0.4) is 0 Å². The van der Waals surface area contributed by atoms with E-state index in [9.17, 15) is 0 Å². The maximum absolute atomic E-state index is 6.12. The number of ether oxygens (including phenoxy) is 1. The average Bonchev–Trinajstić information content (AvgIpc) is 2.30. The van der Waals surface area contributed by atoms with Crippen LogP contribution < -0.4 is 0 Å². The van der Waals surface area contributed by atoms with Crippen molar-refractivity contribution in [3.05, 3.63) is 0 Å². The minimum Gasteiger partial charge on any atom is -0.365 e. The van der Waals surface area contributed by atoms with Crippen molar-refractivity contribution >= 4 is 12.6 Å². The molecule has 0 aromatic heterocycles. The number of hydrogen-bond acceptors (Lipinski definition) is 2. The topological polar surface area (TPSA) is 9.23 Å². The lowest BCUT2D eigenvalue weighted by molar-refractivity contribution is -0.0105. The van der Waals surface area contributed by atoms with Crippen LogP contribution in [-0.2, 0) is 4.74 Å². The zero-order valence-electron chi connectivity index (χ0n) is 11.3. The van der Waals surface area contributed by atoms with Gasteiger partial charge in [-0.15, -0.1) is 12.6 Å². The van der Waals surface area contributed by atoms with E-state index in [0.29, 0.717) is 11.5 Å². The lowest BCUT2D eigenvalue weighted by atomic mass is 9.73.